The molecule has 0 radical (unpaired) electrons. The number of anilines is 1. The van der Waals surface area contributed by atoms with Crippen LogP contribution in [0.5, 0.6) is 0 Å². The van der Waals surface area contributed by atoms with Crippen molar-refractivity contribution in [1.82, 2.24) is 4.90 Å². The van der Waals surface area contributed by atoms with E-state index in [4.69, 9.17) is 4.74 Å². The average molecular weight is 507 g/mol. The number of rotatable bonds is 7. The van der Waals surface area contributed by atoms with Crippen molar-refractivity contribution in [2.75, 3.05) is 24.5 Å². The summed E-state index contributed by atoms with van der Waals surface area (Å²) in [7, 11) is -2.61. The summed E-state index contributed by atoms with van der Waals surface area (Å²) >= 11 is 0. The highest BCUT2D eigenvalue weighted by molar-refractivity contribution is 7.92. The van der Waals surface area contributed by atoms with Gasteiger partial charge in [0.25, 0.3) is 15.9 Å². The molecule has 1 saturated heterocycles. The van der Waals surface area contributed by atoms with Gasteiger partial charge in [0.1, 0.15) is 0 Å². The molecule has 0 N–H and O–H groups in total. The average Bonchev–Trinajstić information content (AvgIpc) is 2.91. The Morgan fingerprint density at radius 1 is 0.917 bits per heavy atom. The Morgan fingerprint density at radius 3 is 2.17 bits per heavy atom. The molecular formula is C28H30N2O5S. The third-order valence-corrected chi connectivity index (χ3v) is 8.27. The van der Waals surface area contributed by atoms with Crippen LogP contribution in [0.25, 0.3) is 0 Å². The van der Waals surface area contributed by atoms with Gasteiger partial charge >= 0.3 is 5.97 Å². The first kappa shape index (κ1) is 25.4. The number of likely N-dealkylation sites (tertiary alicyclic amines) is 1. The number of carbonyl (C=O) groups excluding carboxylic acids is 2. The molecule has 0 spiro atoms. The third kappa shape index (κ3) is 5.44. The summed E-state index contributed by atoms with van der Waals surface area (Å²) in [6, 6.07) is 22.8. The van der Waals surface area contributed by atoms with Gasteiger partial charge in [-0.3, -0.25) is 13.9 Å². The Kier molecular flexibility index (Phi) is 7.74. The zero-order chi connectivity index (χ0) is 25.7. The van der Waals surface area contributed by atoms with Crippen LogP contribution in [-0.4, -0.2) is 45.4 Å². The first-order valence-electron chi connectivity index (χ1n) is 11.9. The summed E-state index contributed by atoms with van der Waals surface area (Å²) in [6.07, 6.45) is 1.02. The van der Waals surface area contributed by atoms with Gasteiger partial charge in [-0.1, -0.05) is 60.2 Å². The minimum Gasteiger partial charge on any atom is -0.469 e. The Bertz CT molecular complexity index is 1320. The molecule has 0 atom stereocenters. The Hall–Kier alpha value is -3.65. The minimum atomic E-state index is -3.98. The summed E-state index contributed by atoms with van der Waals surface area (Å²) in [4.78, 5) is 27.4. The second kappa shape index (κ2) is 11.0. The van der Waals surface area contributed by atoms with E-state index in [1.165, 1.54) is 11.4 Å². The van der Waals surface area contributed by atoms with Gasteiger partial charge in [-0.05, 0) is 49.6 Å². The van der Waals surface area contributed by atoms with Crippen molar-refractivity contribution >= 4 is 27.6 Å². The van der Waals surface area contributed by atoms with Gasteiger partial charge in [0.15, 0.2) is 0 Å². The highest BCUT2D eigenvalue weighted by Crippen LogP contribution is 2.31. The van der Waals surface area contributed by atoms with Crippen LogP contribution < -0.4 is 4.31 Å². The van der Waals surface area contributed by atoms with Crippen LogP contribution >= 0.6 is 0 Å². The molecule has 0 bridgehead atoms. The first-order chi connectivity index (χ1) is 17.3. The normalized spacial score (nSPS) is 14.3. The van der Waals surface area contributed by atoms with Crippen LogP contribution in [-0.2, 0) is 26.1 Å². The van der Waals surface area contributed by atoms with E-state index in [1.807, 2.05) is 37.3 Å². The van der Waals surface area contributed by atoms with Gasteiger partial charge in [-0.2, -0.15) is 0 Å². The molecule has 0 saturated carbocycles. The van der Waals surface area contributed by atoms with Crippen molar-refractivity contribution in [3.8, 4) is 0 Å². The number of ether oxygens (including phenoxy) is 1. The fourth-order valence-electron chi connectivity index (χ4n) is 4.41. The van der Waals surface area contributed by atoms with Crippen molar-refractivity contribution in [3.05, 3.63) is 95.6 Å². The van der Waals surface area contributed by atoms with E-state index in [9.17, 15) is 18.0 Å². The second-order valence-corrected chi connectivity index (χ2v) is 10.8. The number of esters is 1. The second-order valence-electron chi connectivity index (χ2n) is 8.92. The molecule has 1 fully saturated rings. The number of hydrogen-bond acceptors (Lipinski definition) is 5. The van der Waals surface area contributed by atoms with E-state index in [2.05, 4.69) is 0 Å². The summed E-state index contributed by atoms with van der Waals surface area (Å²) in [5, 5.41) is 0. The number of sulfonamides is 1. The first-order valence-corrected chi connectivity index (χ1v) is 13.3. The molecule has 7 nitrogen and oxygen atoms in total. The van der Waals surface area contributed by atoms with Crippen molar-refractivity contribution in [2.24, 2.45) is 5.92 Å². The van der Waals surface area contributed by atoms with Crippen LogP contribution in [0.2, 0.25) is 0 Å². The summed E-state index contributed by atoms with van der Waals surface area (Å²) in [5.74, 6) is -0.752. The number of carbonyl (C=O) groups is 2. The molecule has 1 aliphatic rings. The SMILES string of the molecule is COC(=O)C1CCN(C(=O)c2ccccc2N(Cc2ccccc2)S(=O)(=O)c2ccc(C)cc2)CC1. The monoisotopic (exact) mass is 506 g/mol. The third-order valence-electron chi connectivity index (χ3n) is 6.50. The van der Waals surface area contributed by atoms with Crippen LogP contribution in [0.1, 0.15) is 34.3 Å². The molecule has 8 heteroatoms. The fraction of sp³-hybridized carbons (Fsp3) is 0.286. The maximum absolute atomic E-state index is 13.9. The molecular weight excluding hydrogens is 476 g/mol. The molecule has 0 aromatic heterocycles. The van der Waals surface area contributed by atoms with Crippen LogP contribution in [0.3, 0.4) is 0 Å². The van der Waals surface area contributed by atoms with Gasteiger partial charge in [-0.25, -0.2) is 8.42 Å². The number of hydrogen-bond donors (Lipinski definition) is 0. The smallest absolute Gasteiger partial charge is 0.308 e. The Morgan fingerprint density at radius 2 is 1.53 bits per heavy atom. The number of nitrogens with zero attached hydrogens (tertiary/aromatic N) is 2. The van der Waals surface area contributed by atoms with E-state index < -0.39 is 10.0 Å². The lowest BCUT2D eigenvalue weighted by Gasteiger charge is -2.32. The zero-order valence-corrected chi connectivity index (χ0v) is 21.3. The number of piperidine rings is 1. The number of methoxy groups -OCH3 is 1. The predicted molar refractivity (Wildman–Crippen MR) is 138 cm³/mol. The molecule has 1 heterocycles. The maximum atomic E-state index is 13.9. The molecule has 36 heavy (non-hydrogen) atoms. The van der Waals surface area contributed by atoms with E-state index in [-0.39, 0.29) is 29.2 Å². The largest absolute Gasteiger partial charge is 0.469 e. The van der Waals surface area contributed by atoms with Crippen LogP contribution in [0.15, 0.2) is 83.8 Å². The van der Waals surface area contributed by atoms with Crippen molar-refractivity contribution in [2.45, 2.75) is 31.2 Å². The van der Waals surface area contributed by atoms with Gasteiger partial charge in [0.05, 0.1) is 35.7 Å². The molecule has 3 aromatic rings. The number of para-hydroxylation sites is 1. The van der Waals surface area contributed by atoms with Crippen molar-refractivity contribution < 1.29 is 22.7 Å². The highest BCUT2D eigenvalue weighted by atomic mass is 32.2. The molecule has 0 unspecified atom stereocenters. The Balaban J connectivity index is 1.71. The molecule has 3 aromatic carbocycles. The van der Waals surface area contributed by atoms with E-state index in [0.29, 0.717) is 37.2 Å². The zero-order valence-electron chi connectivity index (χ0n) is 20.5. The van der Waals surface area contributed by atoms with Crippen molar-refractivity contribution in [1.29, 1.82) is 0 Å². The number of amides is 1. The molecule has 1 amide bonds. The minimum absolute atomic E-state index is 0.0752. The predicted octanol–water partition coefficient (Wildman–Crippen LogP) is 4.42. The van der Waals surface area contributed by atoms with Gasteiger partial charge in [0.2, 0.25) is 0 Å². The quantitative estimate of drug-likeness (QED) is 0.443. The lowest BCUT2D eigenvalue weighted by Crippen LogP contribution is -2.41. The van der Waals surface area contributed by atoms with E-state index in [0.717, 1.165) is 11.1 Å². The topological polar surface area (TPSA) is 84.0 Å². The van der Waals surface area contributed by atoms with Gasteiger partial charge in [-0.15, -0.1) is 0 Å². The van der Waals surface area contributed by atoms with Crippen LogP contribution in [0, 0.1) is 12.8 Å². The van der Waals surface area contributed by atoms with E-state index in [1.54, 1.807) is 53.4 Å². The lowest BCUT2D eigenvalue weighted by atomic mass is 9.96. The van der Waals surface area contributed by atoms with Gasteiger partial charge < -0.3 is 9.64 Å². The van der Waals surface area contributed by atoms with Crippen LogP contribution in [0.4, 0.5) is 5.69 Å². The Labute approximate surface area is 212 Å². The van der Waals surface area contributed by atoms with Crippen molar-refractivity contribution in [3.63, 3.8) is 0 Å². The number of aryl methyl sites for hydroxylation is 1. The molecule has 188 valence electrons. The summed E-state index contributed by atoms with van der Waals surface area (Å²) in [6.45, 7) is 2.77. The highest BCUT2D eigenvalue weighted by Gasteiger charge is 2.32. The lowest BCUT2D eigenvalue weighted by molar-refractivity contribution is -0.146. The van der Waals surface area contributed by atoms with Gasteiger partial charge in [0, 0.05) is 13.1 Å². The summed E-state index contributed by atoms with van der Waals surface area (Å²) < 4.78 is 34.0. The maximum Gasteiger partial charge on any atom is 0.308 e. The van der Waals surface area contributed by atoms with E-state index >= 15 is 0 Å². The summed E-state index contributed by atoms with van der Waals surface area (Å²) in [5.41, 5.74) is 2.38. The number of benzene rings is 3. The fourth-order valence-corrected chi connectivity index (χ4v) is 5.89. The molecule has 0 aliphatic carbocycles. The molecule has 1 aliphatic heterocycles. The molecule has 4 rings (SSSR count). The standard InChI is InChI=1S/C28H30N2O5S/c1-21-12-14-24(15-13-21)36(33,34)30(20-22-8-4-3-5-9-22)26-11-7-6-10-25(26)27(31)29-18-16-23(17-19-29)28(32)35-2/h3-15,23H,16-20H2,1-2H3.